The van der Waals surface area contributed by atoms with E-state index in [0.29, 0.717) is 22.6 Å². The quantitative estimate of drug-likeness (QED) is 0.507. The zero-order valence-corrected chi connectivity index (χ0v) is 16.6. The second-order valence-electron chi connectivity index (χ2n) is 6.38. The number of rotatable bonds is 5. The van der Waals surface area contributed by atoms with Gasteiger partial charge in [0.15, 0.2) is 15.5 Å². The molecule has 2 N–H and O–H groups in total. The lowest BCUT2D eigenvalue weighted by Crippen LogP contribution is -2.16. The van der Waals surface area contributed by atoms with Crippen LogP contribution in [0.2, 0.25) is 0 Å². The van der Waals surface area contributed by atoms with E-state index in [2.05, 4.69) is 25.3 Å². The minimum atomic E-state index is -3.55. The van der Waals surface area contributed by atoms with Crippen LogP contribution in [0.25, 0.3) is 22.6 Å². The summed E-state index contributed by atoms with van der Waals surface area (Å²) in [5, 5.41) is 2.61. The number of halogens is 1. The first kappa shape index (κ1) is 19.6. The average Bonchev–Trinajstić information content (AvgIpc) is 3.18. The van der Waals surface area contributed by atoms with Gasteiger partial charge in [-0.25, -0.2) is 22.8 Å². The molecule has 0 aliphatic carbocycles. The highest BCUT2D eigenvalue weighted by Gasteiger charge is 2.20. The third kappa shape index (κ3) is 3.64. The number of nitrogens with one attached hydrogen (secondary N) is 2. The Hall–Kier alpha value is -3.66. The number of hydrogen-bond donors (Lipinski definition) is 2. The number of carbonyl (C=O) groups excluding carboxylic acids is 1. The lowest BCUT2D eigenvalue weighted by atomic mass is 10.2. The van der Waals surface area contributed by atoms with Gasteiger partial charge >= 0.3 is 0 Å². The fourth-order valence-corrected chi connectivity index (χ4v) is 3.95. The van der Waals surface area contributed by atoms with Crippen LogP contribution in [-0.4, -0.2) is 40.0 Å². The smallest absolute Gasteiger partial charge is 0.258 e. The normalized spacial score (nSPS) is 11.5. The van der Waals surface area contributed by atoms with Crippen molar-refractivity contribution in [2.24, 2.45) is 0 Å². The van der Waals surface area contributed by atoms with Crippen molar-refractivity contribution in [2.45, 2.75) is 11.8 Å². The Balaban J connectivity index is 1.72. The van der Waals surface area contributed by atoms with E-state index in [0.717, 1.165) is 0 Å². The highest BCUT2D eigenvalue weighted by atomic mass is 32.2. The van der Waals surface area contributed by atoms with E-state index in [-0.39, 0.29) is 27.7 Å². The topological polar surface area (TPSA) is 118 Å². The number of anilines is 1. The van der Waals surface area contributed by atoms with Crippen LogP contribution < -0.4 is 5.32 Å². The lowest BCUT2D eigenvalue weighted by Gasteiger charge is -2.10. The molecular formula is C20H16FN5O3S. The zero-order chi connectivity index (χ0) is 21.3. The Morgan fingerprint density at radius 1 is 1.13 bits per heavy atom. The molecule has 1 amide bonds. The first-order valence-electron chi connectivity index (χ1n) is 8.98. The highest BCUT2D eigenvalue weighted by Crippen LogP contribution is 2.25. The average molecular weight is 425 g/mol. The summed E-state index contributed by atoms with van der Waals surface area (Å²) in [7, 11) is -3.55. The molecule has 0 saturated carbocycles. The summed E-state index contributed by atoms with van der Waals surface area (Å²) >= 11 is 0. The van der Waals surface area contributed by atoms with E-state index in [9.17, 15) is 17.6 Å². The largest absolute Gasteiger partial charge is 0.336 e. The van der Waals surface area contributed by atoms with Gasteiger partial charge in [0.2, 0.25) is 0 Å². The maximum atomic E-state index is 13.2. The van der Waals surface area contributed by atoms with Crippen molar-refractivity contribution in [2.75, 3.05) is 11.1 Å². The van der Waals surface area contributed by atoms with Gasteiger partial charge in [-0.2, -0.15) is 0 Å². The summed E-state index contributed by atoms with van der Waals surface area (Å²) < 4.78 is 37.8. The number of aromatic nitrogens is 4. The van der Waals surface area contributed by atoms with Gasteiger partial charge in [-0.3, -0.25) is 9.78 Å². The third-order valence-electron chi connectivity index (χ3n) is 4.50. The minimum absolute atomic E-state index is 0.00439. The van der Waals surface area contributed by atoms with Gasteiger partial charge in [-0.05, 0) is 36.4 Å². The van der Waals surface area contributed by atoms with Gasteiger partial charge < -0.3 is 10.3 Å². The number of carbonyl (C=O) groups is 1. The molecule has 30 heavy (non-hydrogen) atoms. The van der Waals surface area contributed by atoms with E-state index in [1.165, 1.54) is 49.8 Å². The van der Waals surface area contributed by atoms with Gasteiger partial charge in [0.25, 0.3) is 5.91 Å². The Bertz CT molecular complexity index is 1350. The first-order chi connectivity index (χ1) is 14.4. The molecule has 4 rings (SSSR count). The number of H-pyrrole nitrogens is 1. The third-order valence-corrected chi connectivity index (χ3v) is 6.28. The van der Waals surface area contributed by atoms with Gasteiger partial charge in [-0.1, -0.05) is 6.92 Å². The Morgan fingerprint density at radius 3 is 2.63 bits per heavy atom. The molecule has 0 atom stereocenters. The minimum Gasteiger partial charge on any atom is -0.336 e. The van der Waals surface area contributed by atoms with Crippen LogP contribution in [0.5, 0.6) is 0 Å². The van der Waals surface area contributed by atoms with Crippen molar-refractivity contribution in [3.63, 3.8) is 0 Å². The molecule has 0 radical (unpaired) electrons. The van der Waals surface area contributed by atoms with Crippen LogP contribution in [0.15, 0.2) is 59.9 Å². The van der Waals surface area contributed by atoms with E-state index < -0.39 is 15.7 Å². The van der Waals surface area contributed by atoms with Gasteiger partial charge in [0, 0.05) is 18.0 Å². The highest BCUT2D eigenvalue weighted by molar-refractivity contribution is 7.91. The molecule has 3 aromatic heterocycles. The molecule has 0 unspecified atom stereocenters. The standard InChI is InChI=1S/C20H16FN5O3S/c1-2-30(28,29)16-8-9-22-11-15(16)24-20(27)14-7-10-23-19-17(14)25-18(26-19)12-3-5-13(21)6-4-12/h3-11H,2H2,1H3,(H,24,27)(H,23,25,26). The summed E-state index contributed by atoms with van der Waals surface area (Å²) in [6, 6.07) is 8.58. The van der Waals surface area contributed by atoms with Crippen LogP contribution in [0.3, 0.4) is 0 Å². The molecule has 4 aromatic rings. The van der Waals surface area contributed by atoms with Crippen LogP contribution in [0, 0.1) is 5.82 Å². The van der Waals surface area contributed by atoms with Crippen molar-refractivity contribution >= 4 is 32.6 Å². The summed E-state index contributed by atoms with van der Waals surface area (Å²) in [5.74, 6) is -0.603. The van der Waals surface area contributed by atoms with Gasteiger partial charge in [-0.15, -0.1) is 0 Å². The molecule has 1 aromatic carbocycles. The number of pyridine rings is 2. The molecule has 8 nitrogen and oxygen atoms in total. The van der Waals surface area contributed by atoms with E-state index >= 15 is 0 Å². The predicted molar refractivity (Wildman–Crippen MR) is 109 cm³/mol. The zero-order valence-electron chi connectivity index (χ0n) is 15.8. The molecular weight excluding hydrogens is 409 g/mol. The Kier molecular flexibility index (Phi) is 5.00. The number of fused-ring (bicyclic) bond motifs is 1. The Morgan fingerprint density at radius 2 is 1.90 bits per heavy atom. The SMILES string of the molecule is CCS(=O)(=O)c1ccncc1NC(=O)c1ccnc2nc(-c3ccc(F)cc3)[nH]c12. The van der Waals surface area contributed by atoms with Crippen molar-refractivity contribution in [3.8, 4) is 11.4 Å². The molecule has 0 aliphatic heterocycles. The number of aromatic amines is 1. The lowest BCUT2D eigenvalue weighted by molar-refractivity contribution is 0.102. The molecule has 0 aliphatic rings. The molecule has 3 heterocycles. The maximum Gasteiger partial charge on any atom is 0.258 e. The fraction of sp³-hybridized carbons (Fsp3) is 0.100. The fourth-order valence-electron chi connectivity index (χ4n) is 2.94. The number of nitrogens with zero attached hydrogens (tertiary/aromatic N) is 3. The number of imidazole rings is 1. The van der Waals surface area contributed by atoms with E-state index in [1.807, 2.05) is 0 Å². The molecule has 0 spiro atoms. The predicted octanol–water partition coefficient (Wildman–Crippen LogP) is 3.20. The summed E-state index contributed by atoms with van der Waals surface area (Å²) in [5.41, 5.74) is 1.62. The van der Waals surface area contributed by atoms with Crippen molar-refractivity contribution in [1.82, 2.24) is 19.9 Å². The second kappa shape index (κ2) is 7.64. The number of amides is 1. The van der Waals surface area contributed by atoms with Gasteiger partial charge in [0.1, 0.15) is 11.6 Å². The summed E-state index contributed by atoms with van der Waals surface area (Å²) in [4.78, 5) is 28.4. The molecule has 10 heteroatoms. The number of benzene rings is 1. The number of sulfone groups is 1. The van der Waals surface area contributed by atoms with Crippen molar-refractivity contribution in [1.29, 1.82) is 0 Å². The molecule has 152 valence electrons. The molecule has 0 fully saturated rings. The van der Waals surface area contributed by atoms with Crippen LogP contribution >= 0.6 is 0 Å². The van der Waals surface area contributed by atoms with Gasteiger partial charge in [0.05, 0.1) is 33.6 Å². The van der Waals surface area contributed by atoms with Crippen molar-refractivity contribution in [3.05, 3.63) is 66.4 Å². The summed E-state index contributed by atoms with van der Waals surface area (Å²) in [6.45, 7) is 1.52. The summed E-state index contributed by atoms with van der Waals surface area (Å²) in [6.07, 6.45) is 4.07. The van der Waals surface area contributed by atoms with E-state index in [1.54, 1.807) is 12.1 Å². The van der Waals surface area contributed by atoms with Crippen LogP contribution in [0.1, 0.15) is 17.3 Å². The molecule has 0 saturated heterocycles. The van der Waals surface area contributed by atoms with Crippen molar-refractivity contribution < 1.29 is 17.6 Å². The Labute approximate surface area is 171 Å². The molecule has 0 bridgehead atoms. The van der Waals surface area contributed by atoms with Crippen LogP contribution in [0.4, 0.5) is 10.1 Å². The second-order valence-corrected chi connectivity index (χ2v) is 8.63. The van der Waals surface area contributed by atoms with Crippen LogP contribution in [-0.2, 0) is 9.84 Å². The van der Waals surface area contributed by atoms with E-state index in [4.69, 9.17) is 0 Å². The first-order valence-corrected chi connectivity index (χ1v) is 10.6. The monoisotopic (exact) mass is 425 g/mol. The number of hydrogen-bond acceptors (Lipinski definition) is 6. The maximum absolute atomic E-state index is 13.2.